The zero-order chi connectivity index (χ0) is 12.2. The van der Waals surface area contributed by atoms with Crippen molar-refractivity contribution in [2.45, 2.75) is 6.54 Å². The molecule has 7 heteroatoms. The third-order valence-electron chi connectivity index (χ3n) is 1.87. The van der Waals surface area contributed by atoms with E-state index in [9.17, 15) is 8.42 Å². The Morgan fingerprint density at radius 3 is 2.69 bits per heavy atom. The molecule has 0 amide bonds. The van der Waals surface area contributed by atoms with Gasteiger partial charge in [0.25, 0.3) is 0 Å². The van der Waals surface area contributed by atoms with Crippen molar-refractivity contribution >= 4 is 26.3 Å². The second-order valence-corrected chi connectivity index (χ2v) is 7.16. The summed E-state index contributed by atoms with van der Waals surface area (Å²) in [7, 11) is 1.02. The number of nitrogens with zero attached hydrogens (tertiary/aromatic N) is 2. The average molecular weight is 263 g/mol. The van der Waals surface area contributed by atoms with E-state index >= 15 is 0 Å². The highest BCUT2D eigenvalue weighted by molar-refractivity contribution is 7.90. The van der Waals surface area contributed by atoms with Crippen LogP contribution in [0.15, 0.2) is 6.20 Å². The molecule has 0 aromatic carbocycles. The first-order valence-corrected chi connectivity index (χ1v) is 7.76. The normalized spacial score (nSPS) is 11.7. The van der Waals surface area contributed by atoms with E-state index in [0.29, 0.717) is 13.1 Å². The minimum Gasteiger partial charge on any atom is -0.354 e. The summed E-state index contributed by atoms with van der Waals surface area (Å²) in [6, 6.07) is 0. The van der Waals surface area contributed by atoms with Crippen LogP contribution >= 0.6 is 11.3 Å². The van der Waals surface area contributed by atoms with Gasteiger partial charge in [-0.1, -0.05) is 0 Å². The molecule has 5 nitrogen and oxygen atoms in total. The summed E-state index contributed by atoms with van der Waals surface area (Å²) in [6.45, 7) is 1.15. The second-order valence-electron chi connectivity index (χ2n) is 3.81. The SMILES string of the molecule is CN(C)c1ncc(CNCCS(C)(=O)=O)s1. The number of hydrogen-bond donors (Lipinski definition) is 1. The van der Waals surface area contributed by atoms with E-state index in [1.165, 1.54) is 6.26 Å². The average Bonchev–Trinajstić information content (AvgIpc) is 2.59. The Kier molecular flexibility index (Phi) is 4.69. The molecule has 0 spiro atoms. The predicted molar refractivity (Wildman–Crippen MR) is 67.9 cm³/mol. The fourth-order valence-corrected chi connectivity index (χ4v) is 2.37. The number of rotatable bonds is 6. The van der Waals surface area contributed by atoms with Crippen LogP contribution in [0, 0.1) is 0 Å². The van der Waals surface area contributed by atoms with Gasteiger partial charge in [-0.2, -0.15) is 0 Å². The molecule has 1 aromatic heterocycles. The number of nitrogens with one attached hydrogen (secondary N) is 1. The molecule has 0 fully saturated rings. The summed E-state index contributed by atoms with van der Waals surface area (Å²) in [6.07, 6.45) is 3.05. The van der Waals surface area contributed by atoms with E-state index < -0.39 is 9.84 Å². The molecule has 1 aromatic rings. The second kappa shape index (κ2) is 5.60. The Morgan fingerprint density at radius 1 is 1.50 bits per heavy atom. The summed E-state index contributed by atoms with van der Waals surface area (Å²) in [5, 5.41) is 4.04. The van der Waals surface area contributed by atoms with Gasteiger partial charge in [0.1, 0.15) is 9.84 Å². The molecule has 0 atom stereocenters. The van der Waals surface area contributed by atoms with E-state index in [2.05, 4.69) is 10.3 Å². The van der Waals surface area contributed by atoms with Gasteiger partial charge < -0.3 is 10.2 Å². The van der Waals surface area contributed by atoms with E-state index in [4.69, 9.17) is 0 Å². The highest BCUT2D eigenvalue weighted by atomic mass is 32.2. The van der Waals surface area contributed by atoms with Crippen LogP contribution in [0.4, 0.5) is 5.13 Å². The molecular weight excluding hydrogens is 246 g/mol. The number of aromatic nitrogens is 1. The van der Waals surface area contributed by atoms with Crippen molar-refractivity contribution in [1.82, 2.24) is 10.3 Å². The molecule has 16 heavy (non-hydrogen) atoms. The fourth-order valence-electron chi connectivity index (χ4n) is 1.05. The third kappa shape index (κ3) is 4.91. The number of sulfone groups is 1. The zero-order valence-corrected chi connectivity index (χ0v) is 11.4. The summed E-state index contributed by atoms with van der Waals surface area (Å²) in [5.74, 6) is 0.173. The molecule has 92 valence electrons. The van der Waals surface area contributed by atoms with Crippen LogP contribution in [0.2, 0.25) is 0 Å². The molecular formula is C9H17N3O2S2. The van der Waals surface area contributed by atoms with E-state index in [0.717, 1.165) is 10.0 Å². The molecule has 1 N–H and O–H groups in total. The monoisotopic (exact) mass is 263 g/mol. The van der Waals surface area contributed by atoms with Gasteiger partial charge in [0.05, 0.1) is 5.75 Å². The highest BCUT2D eigenvalue weighted by Crippen LogP contribution is 2.19. The number of thiazole rings is 1. The van der Waals surface area contributed by atoms with Crippen LogP contribution in [-0.2, 0) is 16.4 Å². The topological polar surface area (TPSA) is 62.3 Å². The summed E-state index contributed by atoms with van der Waals surface area (Å²) in [4.78, 5) is 7.29. The van der Waals surface area contributed by atoms with Crippen LogP contribution in [-0.4, -0.2) is 46.1 Å². The molecule has 0 unspecified atom stereocenters. The van der Waals surface area contributed by atoms with E-state index in [1.54, 1.807) is 11.3 Å². The van der Waals surface area contributed by atoms with Gasteiger partial charge in [0.2, 0.25) is 0 Å². The van der Waals surface area contributed by atoms with Gasteiger partial charge >= 0.3 is 0 Å². The molecule has 0 bridgehead atoms. The smallest absolute Gasteiger partial charge is 0.185 e. The molecule has 0 aliphatic heterocycles. The first-order valence-electron chi connectivity index (χ1n) is 4.89. The first kappa shape index (κ1) is 13.4. The lowest BCUT2D eigenvalue weighted by atomic mass is 10.5. The maximum absolute atomic E-state index is 10.9. The van der Waals surface area contributed by atoms with Crippen LogP contribution in [0.25, 0.3) is 0 Å². The van der Waals surface area contributed by atoms with E-state index in [1.807, 2.05) is 25.2 Å². The highest BCUT2D eigenvalue weighted by Gasteiger charge is 2.04. The molecule has 1 rings (SSSR count). The molecule has 0 saturated heterocycles. The minimum atomic E-state index is -2.87. The maximum Gasteiger partial charge on any atom is 0.185 e. The number of anilines is 1. The molecule has 1 heterocycles. The lowest BCUT2D eigenvalue weighted by Crippen LogP contribution is -2.21. The maximum atomic E-state index is 10.9. The van der Waals surface area contributed by atoms with Crippen molar-refractivity contribution in [2.24, 2.45) is 0 Å². The van der Waals surface area contributed by atoms with Crippen LogP contribution in [0.5, 0.6) is 0 Å². The van der Waals surface area contributed by atoms with Crippen molar-refractivity contribution in [3.63, 3.8) is 0 Å². The molecule has 0 saturated carbocycles. The van der Waals surface area contributed by atoms with Gasteiger partial charge in [-0.05, 0) is 0 Å². The third-order valence-corrected chi connectivity index (χ3v) is 3.98. The summed E-state index contributed by atoms with van der Waals surface area (Å²) >= 11 is 1.60. The van der Waals surface area contributed by atoms with Gasteiger partial charge in [0.15, 0.2) is 5.13 Å². The van der Waals surface area contributed by atoms with Crippen LogP contribution < -0.4 is 10.2 Å². The standard InChI is InChI=1S/C9H17N3O2S2/c1-12(2)9-11-7-8(15-9)6-10-4-5-16(3,13)14/h7,10H,4-6H2,1-3H3. The Hall–Kier alpha value is -0.660. The first-order chi connectivity index (χ1) is 7.38. The summed E-state index contributed by atoms with van der Waals surface area (Å²) < 4.78 is 21.8. The Bertz CT molecular complexity index is 426. The largest absolute Gasteiger partial charge is 0.354 e. The summed E-state index contributed by atoms with van der Waals surface area (Å²) in [5.41, 5.74) is 0. The molecule has 0 aliphatic rings. The van der Waals surface area contributed by atoms with Crippen molar-refractivity contribution in [3.8, 4) is 0 Å². The van der Waals surface area contributed by atoms with Gasteiger partial charge in [-0.3, -0.25) is 0 Å². The minimum absolute atomic E-state index is 0.173. The van der Waals surface area contributed by atoms with Crippen LogP contribution in [0.1, 0.15) is 4.88 Å². The lowest BCUT2D eigenvalue weighted by molar-refractivity contribution is 0.596. The van der Waals surface area contributed by atoms with Crippen molar-refractivity contribution in [1.29, 1.82) is 0 Å². The predicted octanol–water partition coefficient (Wildman–Crippen LogP) is 0.343. The Balaban J connectivity index is 2.32. The van der Waals surface area contributed by atoms with Gasteiger partial charge in [0, 0.05) is 44.5 Å². The quantitative estimate of drug-likeness (QED) is 0.750. The molecule has 0 radical (unpaired) electrons. The van der Waals surface area contributed by atoms with E-state index in [-0.39, 0.29) is 5.75 Å². The number of hydrogen-bond acceptors (Lipinski definition) is 6. The van der Waals surface area contributed by atoms with Crippen molar-refractivity contribution in [3.05, 3.63) is 11.1 Å². The van der Waals surface area contributed by atoms with Gasteiger partial charge in [-0.15, -0.1) is 11.3 Å². The lowest BCUT2D eigenvalue weighted by Gasteiger charge is -2.05. The van der Waals surface area contributed by atoms with Crippen molar-refractivity contribution < 1.29 is 8.42 Å². The van der Waals surface area contributed by atoms with Gasteiger partial charge in [-0.25, -0.2) is 13.4 Å². The zero-order valence-electron chi connectivity index (χ0n) is 9.73. The van der Waals surface area contributed by atoms with Crippen molar-refractivity contribution in [2.75, 3.05) is 37.5 Å². The van der Waals surface area contributed by atoms with Crippen LogP contribution in [0.3, 0.4) is 0 Å². The fraction of sp³-hybridized carbons (Fsp3) is 0.667. The molecule has 0 aliphatic carbocycles. The Labute approximate surface area is 100 Å². The Morgan fingerprint density at radius 2 is 2.19 bits per heavy atom.